The molecule has 1 aliphatic heterocycles. The second-order valence-electron chi connectivity index (χ2n) is 9.26. The molecule has 0 spiro atoms. The SMILES string of the molecule is CN(C)c1ccc(CN(c2ccccc2)c2ccc(-c3ccc4c(c3)CNC4=O)n3ccnc23)cc1. The Kier molecular flexibility index (Phi) is 5.41. The maximum Gasteiger partial charge on any atom is 0.251 e. The number of fused-ring (bicyclic) bond motifs is 2. The highest BCUT2D eigenvalue weighted by Crippen LogP contribution is 2.34. The van der Waals surface area contributed by atoms with Crippen molar-refractivity contribution in [1.29, 1.82) is 0 Å². The Morgan fingerprint density at radius 3 is 2.50 bits per heavy atom. The third-order valence-corrected chi connectivity index (χ3v) is 6.77. The molecule has 3 aromatic carbocycles. The van der Waals surface area contributed by atoms with Gasteiger partial charge in [-0.05, 0) is 65.2 Å². The summed E-state index contributed by atoms with van der Waals surface area (Å²) in [4.78, 5) is 21.2. The molecule has 0 saturated carbocycles. The molecular weight excluding hydrogens is 446 g/mol. The zero-order valence-corrected chi connectivity index (χ0v) is 20.3. The normalized spacial score (nSPS) is 12.4. The number of pyridine rings is 1. The first-order valence-electron chi connectivity index (χ1n) is 12.0. The van der Waals surface area contributed by atoms with Crippen molar-refractivity contribution in [1.82, 2.24) is 14.7 Å². The quantitative estimate of drug-likeness (QED) is 0.346. The molecule has 36 heavy (non-hydrogen) atoms. The molecule has 5 aromatic rings. The number of carbonyl (C=O) groups is 1. The molecule has 2 aromatic heterocycles. The number of hydrogen-bond acceptors (Lipinski definition) is 4. The van der Waals surface area contributed by atoms with Gasteiger partial charge in [-0.3, -0.25) is 9.20 Å². The molecule has 1 N–H and O–H groups in total. The van der Waals surface area contributed by atoms with Gasteiger partial charge >= 0.3 is 0 Å². The van der Waals surface area contributed by atoms with Crippen molar-refractivity contribution in [3.63, 3.8) is 0 Å². The second kappa shape index (κ2) is 8.89. The molecule has 0 aliphatic carbocycles. The number of aromatic nitrogens is 2. The van der Waals surface area contributed by atoms with E-state index in [1.807, 2.05) is 30.6 Å². The van der Waals surface area contributed by atoms with E-state index in [-0.39, 0.29) is 5.91 Å². The average Bonchev–Trinajstić information content (AvgIpc) is 3.55. The number of carbonyl (C=O) groups excluding carboxylic acids is 1. The topological polar surface area (TPSA) is 52.9 Å². The van der Waals surface area contributed by atoms with Crippen LogP contribution in [0.15, 0.2) is 97.3 Å². The molecule has 0 bridgehead atoms. The summed E-state index contributed by atoms with van der Waals surface area (Å²) in [6, 6.07) is 29.4. The Hall–Kier alpha value is -4.58. The van der Waals surface area contributed by atoms with Crippen molar-refractivity contribution in [2.75, 3.05) is 23.9 Å². The Labute approximate surface area is 210 Å². The third-order valence-electron chi connectivity index (χ3n) is 6.77. The molecule has 1 amide bonds. The van der Waals surface area contributed by atoms with Crippen LogP contribution in [0.5, 0.6) is 0 Å². The summed E-state index contributed by atoms with van der Waals surface area (Å²) in [7, 11) is 4.11. The Morgan fingerprint density at radius 1 is 0.917 bits per heavy atom. The highest BCUT2D eigenvalue weighted by molar-refractivity contribution is 5.99. The Morgan fingerprint density at radius 2 is 1.72 bits per heavy atom. The lowest BCUT2D eigenvalue weighted by Gasteiger charge is -2.26. The molecule has 0 unspecified atom stereocenters. The monoisotopic (exact) mass is 473 g/mol. The average molecular weight is 474 g/mol. The van der Waals surface area contributed by atoms with Crippen LogP contribution in [-0.4, -0.2) is 29.4 Å². The minimum absolute atomic E-state index is 0.00297. The maximum absolute atomic E-state index is 12.0. The largest absolute Gasteiger partial charge is 0.378 e. The molecule has 1 aliphatic rings. The second-order valence-corrected chi connectivity index (χ2v) is 9.26. The van der Waals surface area contributed by atoms with Gasteiger partial charge in [0.1, 0.15) is 0 Å². The molecule has 3 heterocycles. The highest BCUT2D eigenvalue weighted by atomic mass is 16.1. The standard InChI is InChI=1S/C30H27N5O/c1-33(2)24-11-8-21(9-12-24)20-35(25-6-4-3-5-7-25)28-15-14-27(34-17-16-31-29(28)34)22-10-13-26-23(18-22)19-32-30(26)36/h3-18H,19-20H2,1-2H3,(H,32,36). The summed E-state index contributed by atoms with van der Waals surface area (Å²) in [6.07, 6.45) is 3.84. The van der Waals surface area contributed by atoms with E-state index >= 15 is 0 Å². The fraction of sp³-hybridized carbons (Fsp3) is 0.133. The van der Waals surface area contributed by atoms with E-state index in [2.05, 4.69) is 100 Å². The number of anilines is 3. The van der Waals surface area contributed by atoms with Gasteiger partial charge in [0.05, 0.1) is 11.4 Å². The minimum atomic E-state index is -0.00297. The molecule has 0 atom stereocenters. The van der Waals surface area contributed by atoms with Gasteiger partial charge < -0.3 is 15.1 Å². The fourth-order valence-corrected chi connectivity index (χ4v) is 4.84. The summed E-state index contributed by atoms with van der Waals surface area (Å²) in [5, 5.41) is 2.90. The zero-order valence-electron chi connectivity index (χ0n) is 20.3. The van der Waals surface area contributed by atoms with Crippen LogP contribution in [0.2, 0.25) is 0 Å². The first-order valence-corrected chi connectivity index (χ1v) is 12.0. The Balaban J connectivity index is 1.43. The first kappa shape index (κ1) is 21.9. The van der Waals surface area contributed by atoms with Gasteiger partial charge in [0.25, 0.3) is 5.91 Å². The first-order chi connectivity index (χ1) is 17.6. The summed E-state index contributed by atoms with van der Waals surface area (Å²) in [5.41, 5.74) is 9.30. The van der Waals surface area contributed by atoms with Crippen molar-refractivity contribution >= 4 is 28.6 Å². The van der Waals surface area contributed by atoms with Crippen molar-refractivity contribution in [3.8, 4) is 11.3 Å². The number of para-hydroxylation sites is 1. The van der Waals surface area contributed by atoms with Gasteiger partial charge in [-0.1, -0.05) is 36.4 Å². The predicted molar refractivity (Wildman–Crippen MR) is 145 cm³/mol. The van der Waals surface area contributed by atoms with E-state index in [1.54, 1.807) is 0 Å². The van der Waals surface area contributed by atoms with Crippen LogP contribution in [0.25, 0.3) is 16.9 Å². The van der Waals surface area contributed by atoms with Crippen LogP contribution in [0.1, 0.15) is 21.5 Å². The lowest BCUT2D eigenvalue weighted by atomic mass is 10.0. The molecule has 0 fully saturated rings. The van der Waals surface area contributed by atoms with Gasteiger partial charge in [-0.2, -0.15) is 0 Å². The number of nitrogens with one attached hydrogen (secondary N) is 1. The van der Waals surface area contributed by atoms with Crippen molar-refractivity contribution in [2.45, 2.75) is 13.1 Å². The predicted octanol–water partition coefficient (Wildman–Crippen LogP) is 5.65. The molecule has 0 radical (unpaired) electrons. The zero-order chi connectivity index (χ0) is 24.6. The van der Waals surface area contributed by atoms with Crippen LogP contribution in [0.3, 0.4) is 0 Å². The van der Waals surface area contributed by atoms with E-state index in [1.165, 1.54) is 11.3 Å². The van der Waals surface area contributed by atoms with Gasteiger partial charge in [-0.25, -0.2) is 4.98 Å². The van der Waals surface area contributed by atoms with Gasteiger partial charge in [0.15, 0.2) is 5.65 Å². The van der Waals surface area contributed by atoms with Gasteiger partial charge in [0, 0.05) is 56.5 Å². The number of nitrogens with zero attached hydrogens (tertiary/aromatic N) is 4. The molecule has 6 heteroatoms. The van der Waals surface area contributed by atoms with E-state index in [0.29, 0.717) is 13.1 Å². The molecular formula is C30H27N5O. The van der Waals surface area contributed by atoms with Crippen LogP contribution >= 0.6 is 0 Å². The van der Waals surface area contributed by atoms with Crippen LogP contribution in [0, 0.1) is 0 Å². The number of amides is 1. The Bertz CT molecular complexity index is 1550. The van der Waals surface area contributed by atoms with Gasteiger partial charge in [0.2, 0.25) is 0 Å². The molecule has 178 valence electrons. The van der Waals surface area contributed by atoms with Crippen LogP contribution in [0.4, 0.5) is 17.1 Å². The fourth-order valence-electron chi connectivity index (χ4n) is 4.84. The van der Waals surface area contributed by atoms with Gasteiger partial charge in [-0.15, -0.1) is 0 Å². The molecule has 0 saturated heterocycles. The number of hydrogen-bond donors (Lipinski definition) is 1. The lowest BCUT2D eigenvalue weighted by molar-refractivity contribution is 0.0965. The van der Waals surface area contributed by atoms with Crippen molar-refractivity contribution in [3.05, 3.63) is 114 Å². The maximum atomic E-state index is 12.0. The van der Waals surface area contributed by atoms with E-state index in [9.17, 15) is 4.79 Å². The molecule has 6 nitrogen and oxygen atoms in total. The van der Waals surface area contributed by atoms with E-state index in [0.717, 1.165) is 39.4 Å². The number of rotatable bonds is 6. The lowest BCUT2D eigenvalue weighted by Crippen LogP contribution is -2.18. The third kappa shape index (κ3) is 3.86. The number of imidazole rings is 1. The van der Waals surface area contributed by atoms with E-state index < -0.39 is 0 Å². The highest BCUT2D eigenvalue weighted by Gasteiger charge is 2.21. The smallest absolute Gasteiger partial charge is 0.251 e. The summed E-state index contributed by atoms with van der Waals surface area (Å²) in [6.45, 7) is 1.29. The van der Waals surface area contributed by atoms with E-state index in [4.69, 9.17) is 4.98 Å². The minimum Gasteiger partial charge on any atom is -0.378 e. The summed E-state index contributed by atoms with van der Waals surface area (Å²) < 4.78 is 2.13. The van der Waals surface area contributed by atoms with Crippen molar-refractivity contribution in [2.24, 2.45) is 0 Å². The summed E-state index contributed by atoms with van der Waals surface area (Å²) in [5.74, 6) is -0.00297. The molecule has 6 rings (SSSR count). The van der Waals surface area contributed by atoms with Crippen molar-refractivity contribution < 1.29 is 4.79 Å². The summed E-state index contributed by atoms with van der Waals surface area (Å²) >= 11 is 0. The van der Waals surface area contributed by atoms with Crippen LogP contribution < -0.4 is 15.1 Å². The van der Waals surface area contributed by atoms with Crippen LogP contribution in [-0.2, 0) is 13.1 Å². The number of benzene rings is 3.